The molecule has 0 unspecified atom stereocenters. The van der Waals surface area contributed by atoms with Crippen molar-refractivity contribution in [1.29, 1.82) is 0 Å². The van der Waals surface area contributed by atoms with Crippen molar-refractivity contribution in [1.82, 2.24) is 15.2 Å². The van der Waals surface area contributed by atoms with Crippen LogP contribution in [0, 0.1) is 13.8 Å². The van der Waals surface area contributed by atoms with Crippen LogP contribution < -0.4 is 5.32 Å². The first-order valence-electron chi connectivity index (χ1n) is 4.57. The monoisotopic (exact) mass is 266 g/mol. The Bertz CT molecular complexity index is 458. The van der Waals surface area contributed by atoms with Crippen LogP contribution in [-0.4, -0.2) is 15.2 Å². The van der Waals surface area contributed by atoms with Gasteiger partial charge in [-0.2, -0.15) is 5.10 Å². The molecule has 2 heterocycles. The van der Waals surface area contributed by atoms with Crippen LogP contribution in [0.2, 0.25) is 0 Å². The summed E-state index contributed by atoms with van der Waals surface area (Å²) in [5.74, 6) is 1.56. The fraction of sp³-hybridized carbons (Fsp3) is 0.200. The number of pyridine rings is 1. The second-order valence-corrected chi connectivity index (χ2v) is 4.23. The summed E-state index contributed by atoms with van der Waals surface area (Å²) in [7, 11) is 0. The zero-order valence-electron chi connectivity index (χ0n) is 8.50. The molecular formula is C10H11BrN4. The third-order valence-corrected chi connectivity index (χ3v) is 2.31. The van der Waals surface area contributed by atoms with Gasteiger partial charge in [-0.1, -0.05) is 0 Å². The molecular weight excluding hydrogens is 256 g/mol. The summed E-state index contributed by atoms with van der Waals surface area (Å²) in [6.45, 7) is 3.98. The van der Waals surface area contributed by atoms with Crippen LogP contribution >= 0.6 is 15.9 Å². The lowest BCUT2D eigenvalue weighted by atomic mass is 10.3. The van der Waals surface area contributed by atoms with Gasteiger partial charge in [0, 0.05) is 11.8 Å². The van der Waals surface area contributed by atoms with E-state index in [1.54, 1.807) is 0 Å². The SMILES string of the molecule is Cc1cc(Br)nc(Nc2cc(C)[nH]n2)c1. The number of halogens is 1. The van der Waals surface area contributed by atoms with E-state index in [2.05, 4.69) is 36.4 Å². The Kier molecular flexibility index (Phi) is 2.73. The molecule has 0 spiro atoms. The normalized spacial score (nSPS) is 10.3. The van der Waals surface area contributed by atoms with Crippen LogP contribution in [-0.2, 0) is 0 Å². The minimum atomic E-state index is 0.775. The first-order chi connectivity index (χ1) is 7.13. The van der Waals surface area contributed by atoms with Gasteiger partial charge in [0.25, 0.3) is 0 Å². The average Bonchev–Trinajstić information content (AvgIpc) is 2.49. The molecule has 2 rings (SSSR count). The summed E-state index contributed by atoms with van der Waals surface area (Å²) in [5.41, 5.74) is 2.16. The standard InChI is InChI=1S/C10H11BrN4/c1-6-3-8(11)12-9(4-6)13-10-5-7(2)14-15-10/h3-5H,1-2H3,(H2,12,13,14,15). The molecule has 4 nitrogen and oxygen atoms in total. The number of aromatic nitrogens is 3. The maximum Gasteiger partial charge on any atom is 0.153 e. The van der Waals surface area contributed by atoms with Gasteiger partial charge in [-0.25, -0.2) is 4.98 Å². The van der Waals surface area contributed by atoms with Crippen molar-refractivity contribution in [3.8, 4) is 0 Å². The van der Waals surface area contributed by atoms with Gasteiger partial charge >= 0.3 is 0 Å². The molecule has 2 aromatic heterocycles. The highest BCUT2D eigenvalue weighted by Gasteiger charge is 2.01. The quantitative estimate of drug-likeness (QED) is 0.822. The summed E-state index contributed by atoms with van der Waals surface area (Å²) >= 11 is 3.35. The molecule has 5 heteroatoms. The molecule has 0 atom stereocenters. The molecule has 0 saturated carbocycles. The van der Waals surface area contributed by atoms with E-state index in [-0.39, 0.29) is 0 Å². The number of hydrogen-bond acceptors (Lipinski definition) is 3. The van der Waals surface area contributed by atoms with Crippen LogP contribution in [0.25, 0.3) is 0 Å². The molecule has 0 amide bonds. The van der Waals surface area contributed by atoms with Gasteiger partial charge in [0.1, 0.15) is 10.4 Å². The topological polar surface area (TPSA) is 53.6 Å². The molecule has 0 bridgehead atoms. The van der Waals surface area contributed by atoms with Crippen molar-refractivity contribution in [3.05, 3.63) is 34.1 Å². The minimum Gasteiger partial charge on any atom is -0.323 e. The van der Waals surface area contributed by atoms with E-state index in [0.29, 0.717) is 0 Å². The summed E-state index contributed by atoms with van der Waals surface area (Å²) in [6.07, 6.45) is 0. The van der Waals surface area contributed by atoms with Gasteiger partial charge < -0.3 is 5.32 Å². The number of nitrogens with zero attached hydrogens (tertiary/aromatic N) is 2. The Hall–Kier alpha value is -1.36. The molecule has 78 valence electrons. The smallest absolute Gasteiger partial charge is 0.153 e. The molecule has 15 heavy (non-hydrogen) atoms. The maximum atomic E-state index is 4.29. The fourth-order valence-electron chi connectivity index (χ4n) is 1.30. The molecule has 2 aromatic rings. The second kappa shape index (κ2) is 4.02. The van der Waals surface area contributed by atoms with Crippen LogP contribution in [0.5, 0.6) is 0 Å². The molecule has 0 saturated heterocycles. The maximum absolute atomic E-state index is 4.29. The van der Waals surface area contributed by atoms with Gasteiger partial charge in [-0.15, -0.1) is 0 Å². The van der Waals surface area contributed by atoms with Crippen molar-refractivity contribution in [3.63, 3.8) is 0 Å². The van der Waals surface area contributed by atoms with E-state index < -0.39 is 0 Å². The number of rotatable bonds is 2. The Morgan fingerprint density at radius 2 is 2.00 bits per heavy atom. The zero-order valence-corrected chi connectivity index (χ0v) is 10.1. The van der Waals surface area contributed by atoms with Crippen molar-refractivity contribution < 1.29 is 0 Å². The predicted octanol–water partition coefficient (Wildman–Crippen LogP) is 2.93. The zero-order chi connectivity index (χ0) is 10.8. The van der Waals surface area contributed by atoms with Crippen molar-refractivity contribution in [2.24, 2.45) is 0 Å². The van der Waals surface area contributed by atoms with Crippen LogP contribution in [0.1, 0.15) is 11.3 Å². The number of anilines is 2. The van der Waals surface area contributed by atoms with E-state index >= 15 is 0 Å². The van der Waals surface area contributed by atoms with Gasteiger partial charge in [0.2, 0.25) is 0 Å². The van der Waals surface area contributed by atoms with Gasteiger partial charge in [0.15, 0.2) is 5.82 Å². The number of aryl methyl sites for hydroxylation is 2. The number of hydrogen-bond donors (Lipinski definition) is 2. The Morgan fingerprint density at radius 1 is 1.20 bits per heavy atom. The summed E-state index contributed by atoms with van der Waals surface area (Å²) in [4.78, 5) is 4.29. The third kappa shape index (κ3) is 2.56. The molecule has 0 aliphatic heterocycles. The Balaban J connectivity index is 2.24. The van der Waals surface area contributed by atoms with E-state index in [9.17, 15) is 0 Å². The summed E-state index contributed by atoms with van der Waals surface area (Å²) in [5, 5.41) is 10.1. The highest BCUT2D eigenvalue weighted by molar-refractivity contribution is 9.10. The van der Waals surface area contributed by atoms with Crippen LogP contribution in [0.15, 0.2) is 22.8 Å². The van der Waals surface area contributed by atoms with Crippen LogP contribution in [0.3, 0.4) is 0 Å². The number of nitrogens with one attached hydrogen (secondary N) is 2. The highest BCUT2D eigenvalue weighted by Crippen LogP contribution is 2.17. The van der Waals surface area contributed by atoms with E-state index in [0.717, 1.165) is 27.5 Å². The molecule has 2 N–H and O–H groups in total. The first kappa shape index (κ1) is 10.2. The lowest BCUT2D eigenvalue weighted by molar-refractivity contribution is 1.05. The summed E-state index contributed by atoms with van der Waals surface area (Å²) < 4.78 is 0.817. The lowest BCUT2D eigenvalue weighted by Gasteiger charge is -2.03. The average molecular weight is 267 g/mol. The van der Waals surface area contributed by atoms with Crippen molar-refractivity contribution in [2.45, 2.75) is 13.8 Å². The van der Waals surface area contributed by atoms with Gasteiger partial charge in [0.05, 0.1) is 0 Å². The second-order valence-electron chi connectivity index (χ2n) is 3.41. The largest absolute Gasteiger partial charge is 0.323 e. The van der Waals surface area contributed by atoms with Crippen molar-refractivity contribution >= 4 is 27.6 Å². The van der Waals surface area contributed by atoms with Crippen molar-refractivity contribution in [2.75, 3.05) is 5.32 Å². The molecule has 0 aliphatic carbocycles. The summed E-state index contributed by atoms with van der Waals surface area (Å²) in [6, 6.07) is 5.85. The fourth-order valence-corrected chi connectivity index (χ4v) is 1.85. The molecule has 0 aliphatic rings. The predicted molar refractivity (Wildman–Crippen MR) is 63.3 cm³/mol. The Morgan fingerprint density at radius 3 is 2.60 bits per heavy atom. The van der Waals surface area contributed by atoms with Gasteiger partial charge in [-0.05, 0) is 47.5 Å². The van der Waals surface area contributed by atoms with Crippen LogP contribution in [0.4, 0.5) is 11.6 Å². The number of H-pyrrole nitrogens is 1. The molecule has 0 aromatic carbocycles. The van der Waals surface area contributed by atoms with E-state index in [1.165, 1.54) is 0 Å². The molecule has 0 fully saturated rings. The van der Waals surface area contributed by atoms with Gasteiger partial charge in [-0.3, -0.25) is 5.10 Å². The van der Waals surface area contributed by atoms with E-state index in [4.69, 9.17) is 0 Å². The highest BCUT2D eigenvalue weighted by atomic mass is 79.9. The first-order valence-corrected chi connectivity index (χ1v) is 5.36. The Labute approximate surface area is 96.3 Å². The number of aromatic amines is 1. The lowest BCUT2D eigenvalue weighted by Crippen LogP contribution is -1.94. The molecule has 0 radical (unpaired) electrons. The minimum absolute atomic E-state index is 0.775. The third-order valence-electron chi connectivity index (χ3n) is 1.90. The van der Waals surface area contributed by atoms with E-state index in [1.807, 2.05) is 32.0 Å².